The van der Waals surface area contributed by atoms with Crippen LogP contribution in [0.25, 0.3) is 0 Å². The fourth-order valence-corrected chi connectivity index (χ4v) is 3.01. The number of benzene rings is 1. The van der Waals surface area contributed by atoms with E-state index in [4.69, 9.17) is 9.47 Å². The molecule has 0 unspecified atom stereocenters. The molecule has 1 aromatic carbocycles. The Kier molecular flexibility index (Phi) is 3.07. The van der Waals surface area contributed by atoms with E-state index in [0.717, 1.165) is 12.5 Å². The number of hydrogen-bond donors (Lipinski definition) is 0. The molecule has 0 bridgehead atoms. The van der Waals surface area contributed by atoms with Gasteiger partial charge in [-0.25, -0.2) is 0 Å². The molecular formula is C16H18N2O4. The Morgan fingerprint density at radius 2 is 1.86 bits per heavy atom. The van der Waals surface area contributed by atoms with Gasteiger partial charge in [0.05, 0.1) is 17.9 Å². The minimum Gasteiger partial charge on any atom is -0.486 e. The Balaban J connectivity index is 1.63. The lowest BCUT2D eigenvalue weighted by atomic mass is 10.1. The zero-order valence-electron chi connectivity index (χ0n) is 12.5. The van der Waals surface area contributed by atoms with Gasteiger partial charge >= 0.3 is 5.91 Å². The number of amides is 1. The highest BCUT2D eigenvalue weighted by Gasteiger charge is 2.38. The van der Waals surface area contributed by atoms with Crippen LogP contribution in [-0.4, -0.2) is 50.1 Å². The molecule has 1 saturated carbocycles. The van der Waals surface area contributed by atoms with E-state index in [1.807, 2.05) is 7.05 Å². The zero-order valence-corrected chi connectivity index (χ0v) is 12.5. The first-order valence-electron chi connectivity index (χ1n) is 7.62. The Bertz CT molecular complexity index is 654. The smallest absolute Gasteiger partial charge is 0.300 e. The van der Waals surface area contributed by atoms with Crippen molar-refractivity contribution in [1.29, 1.82) is 0 Å². The van der Waals surface area contributed by atoms with Crippen LogP contribution in [0.15, 0.2) is 12.1 Å². The van der Waals surface area contributed by atoms with E-state index in [-0.39, 0.29) is 0 Å². The summed E-state index contributed by atoms with van der Waals surface area (Å²) in [5.74, 6) is 0.937. The molecule has 0 atom stereocenters. The Labute approximate surface area is 128 Å². The van der Waals surface area contributed by atoms with Gasteiger partial charge in [-0.1, -0.05) is 0 Å². The number of ether oxygens (including phenoxy) is 2. The minimum atomic E-state index is -0.472. The van der Waals surface area contributed by atoms with Crippen molar-refractivity contribution in [2.24, 2.45) is 5.92 Å². The van der Waals surface area contributed by atoms with Gasteiger partial charge in [-0.3, -0.25) is 19.4 Å². The lowest BCUT2D eigenvalue weighted by Crippen LogP contribution is -2.40. The fourth-order valence-electron chi connectivity index (χ4n) is 3.01. The SMILES string of the molecule is CN(CC1CC1)CN1C(=O)C(=O)c2cc3c(cc21)OCCO3. The van der Waals surface area contributed by atoms with Gasteiger partial charge in [0.1, 0.15) is 13.2 Å². The van der Waals surface area contributed by atoms with E-state index < -0.39 is 11.7 Å². The van der Waals surface area contributed by atoms with E-state index in [1.165, 1.54) is 17.7 Å². The predicted octanol–water partition coefficient (Wildman–Crippen LogP) is 1.29. The molecular weight excluding hydrogens is 284 g/mol. The van der Waals surface area contributed by atoms with Crippen LogP contribution in [0.1, 0.15) is 23.2 Å². The second-order valence-corrected chi connectivity index (χ2v) is 6.20. The molecule has 6 nitrogen and oxygen atoms in total. The van der Waals surface area contributed by atoms with Crippen LogP contribution in [0, 0.1) is 5.92 Å². The Morgan fingerprint density at radius 1 is 1.18 bits per heavy atom. The van der Waals surface area contributed by atoms with Crippen molar-refractivity contribution >= 4 is 17.4 Å². The highest BCUT2D eigenvalue weighted by atomic mass is 16.6. The second kappa shape index (κ2) is 4.98. The maximum absolute atomic E-state index is 12.3. The first-order chi connectivity index (χ1) is 10.6. The van der Waals surface area contributed by atoms with Crippen molar-refractivity contribution in [3.05, 3.63) is 17.7 Å². The van der Waals surface area contributed by atoms with Crippen molar-refractivity contribution in [2.75, 3.05) is 38.4 Å². The highest BCUT2D eigenvalue weighted by molar-refractivity contribution is 6.52. The topological polar surface area (TPSA) is 59.1 Å². The Morgan fingerprint density at radius 3 is 2.55 bits per heavy atom. The number of hydrogen-bond acceptors (Lipinski definition) is 5. The number of Topliss-reactive ketones (excluding diaryl/α,β-unsaturated/α-hetero) is 1. The molecule has 0 N–H and O–H groups in total. The molecule has 0 radical (unpaired) electrons. The van der Waals surface area contributed by atoms with Crippen molar-refractivity contribution in [3.8, 4) is 11.5 Å². The van der Waals surface area contributed by atoms with Crippen molar-refractivity contribution in [2.45, 2.75) is 12.8 Å². The van der Waals surface area contributed by atoms with Gasteiger partial charge in [0.15, 0.2) is 11.5 Å². The normalized spacial score (nSPS) is 19.8. The summed E-state index contributed by atoms with van der Waals surface area (Å²) in [6.45, 7) is 2.32. The van der Waals surface area contributed by atoms with E-state index in [0.29, 0.717) is 42.6 Å². The van der Waals surface area contributed by atoms with Crippen molar-refractivity contribution < 1.29 is 19.1 Å². The molecule has 0 aromatic heterocycles. The lowest BCUT2D eigenvalue weighted by molar-refractivity contribution is -0.114. The first kappa shape index (κ1) is 13.6. The van der Waals surface area contributed by atoms with Gasteiger partial charge < -0.3 is 9.47 Å². The predicted molar refractivity (Wildman–Crippen MR) is 79.5 cm³/mol. The summed E-state index contributed by atoms with van der Waals surface area (Å²) < 4.78 is 11.1. The molecule has 2 aliphatic heterocycles. The van der Waals surface area contributed by atoms with Crippen LogP contribution >= 0.6 is 0 Å². The summed E-state index contributed by atoms with van der Waals surface area (Å²) in [5.41, 5.74) is 1.04. The molecule has 3 aliphatic rings. The third-order valence-corrected chi connectivity index (χ3v) is 4.28. The molecule has 1 fully saturated rings. The van der Waals surface area contributed by atoms with Gasteiger partial charge in [-0.05, 0) is 31.9 Å². The number of anilines is 1. The molecule has 1 aliphatic carbocycles. The van der Waals surface area contributed by atoms with Crippen LogP contribution in [0.5, 0.6) is 11.5 Å². The summed E-state index contributed by atoms with van der Waals surface area (Å²) in [4.78, 5) is 28.1. The number of ketones is 1. The monoisotopic (exact) mass is 302 g/mol. The zero-order chi connectivity index (χ0) is 15.3. The molecule has 116 valence electrons. The summed E-state index contributed by atoms with van der Waals surface area (Å²) in [6.07, 6.45) is 2.51. The molecule has 0 spiro atoms. The van der Waals surface area contributed by atoms with E-state index >= 15 is 0 Å². The first-order valence-corrected chi connectivity index (χ1v) is 7.62. The minimum absolute atomic E-state index is 0.411. The van der Waals surface area contributed by atoms with Crippen LogP contribution in [-0.2, 0) is 4.79 Å². The second-order valence-electron chi connectivity index (χ2n) is 6.20. The fraction of sp³-hybridized carbons (Fsp3) is 0.500. The van der Waals surface area contributed by atoms with Crippen LogP contribution in [0.2, 0.25) is 0 Å². The Hall–Kier alpha value is -2.08. The van der Waals surface area contributed by atoms with E-state index in [1.54, 1.807) is 12.1 Å². The maximum atomic E-state index is 12.3. The molecule has 1 amide bonds. The number of rotatable bonds is 4. The number of carbonyl (C=O) groups is 2. The van der Waals surface area contributed by atoms with Crippen LogP contribution in [0.3, 0.4) is 0 Å². The summed E-state index contributed by atoms with van der Waals surface area (Å²) in [7, 11) is 1.98. The quantitative estimate of drug-likeness (QED) is 0.784. The molecule has 22 heavy (non-hydrogen) atoms. The van der Waals surface area contributed by atoms with E-state index in [9.17, 15) is 9.59 Å². The van der Waals surface area contributed by atoms with Gasteiger partial charge in [0.25, 0.3) is 5.78 Å². The summed E-state index contributed by atoms with van der Waals surface area (Å²) >= 11 is 0. The van der Waals surface area contributed by atoms with Crippen LogP contribution < -0.4 is 14.4 Å². The molecule has 2 heterocycles. The highest BCUT2D eigenvalue weighted by Crippen LogP contribution is 2.40. The van der Waals surface area contributed by atoms with Crippen LogP contribution in [0.4, 0.5) is 5.69 Å². The molecule has 0 saturated heterocycles. The van der Waals surface area contributed by atoms with Gasteiger partial charge in [-0.15, -0.1) is 0 Å². The largest absolute Gasteiger partial charge is 0.486 e. The van der Waals surface area contributed by atoms with Gasteiger partial charge in [0.2, 0.25) is 0 Å². The standard InChI is InChI=1S/C16H18N2O4/c1-17(8-10-2-3-10)9-18-12-7-14-13(21-4-5-22-14)6-11(12)15(19)16(18)20/h6-7,10H,2-5,8-9H2,1H3. The van der Waals surface area contributed by atoms with Gasteiger partial charge in [0, 0.05) is 12.6 Å². The number of carbonyl (C=O) groups excluding carboxylic acids is 2. The molecule has 4 rings (SSSR count). The van der Waals surface area contributed by atoms with Crippen molar-refractivity contribution in [3.63, 3.8) is 0 Å². The van der Waals surface area contributed by atoms with E-state index in [2.05, 4.69) is 4.90 Å². The summed E-state index contributed by atoms with van der Waals surface area (Å²) in [5, 5.41) is 0. The average Bonchev–Trinajstić information content (AvgIpc) is 3.30. The lowest BCUT2D eigenvalue weighted by Gasteiger charge is -2.25. The number of fused-ring (bicyclic) bond motifs is 2. The van der Waals surface area contributed by atoms with Crippen molar-refractivity contribution in [1.82, 2.24) is 4.90 Å². The molecule has 1 aromatic rings. The third kappa shape index (κ3) is 2.23. The summed E-state index contributed by atoms with van der Waals surface area (Å²) in [6, 6.07) is 3.38. The van der Waals surface area contributed by atoms with Gasteiger partial charge in [-0.2, -0.15) is 0 Å². The maximum Gasteiger partial charge on any atom is 0.300 e. The average molecular weight is 302 g/mol. The number of nitrogens with zero attached hydrogens (tertiary/aromatic N) is 2. The molecule has 6 heteroatoms. The third-order valence-electron chi connectivity index (χ3n) is 4.28.